The topological polar surface area (TPSA) is 55.1 Å². The van der Waals surface area contributed by atoms with Gasteiger partial charge in [-0.1, -0.05) is 18.3 Å². The Hall–Kier alpha value is -1.53. The quantitative estimate of drug-likeness (QED) is 0.659. The van der Waals surface area contributed by atoms with Gasteiger partial charge in [0.15, 0.2) is 0 Å². The molecule has 0 aliphatic carbocycles. The van der Waals surface area contributed by atoms with Gasteiger partial charge in [0.1, 0.15) is 5.82 Å². The Morgan fingerprint density at radius 3 is 2.95 bits per heavy atom. The van der Waals surface area contributed by atoms with E-state index in [2.05, 4.69) is 5.32 Å². The molecule has 19 heavy (non-hydrogen) atoms. The van der Waals surface area contributed by atoms with E-state index in [1.807, 2.05) is 0 Å². The Labute approximate surface area is 119 Å². The average Bonchev–Trinajstić information content (AvgIpc) is 2.77. The number of rotatable bonds is 5. The maximum atomic E-state index is 13.1. The standard InChI is InChI=1S/C13H13FN2OS2/c14-9-4-3-8-6-11(19-10(8)7-9)13(17)16-5-1-2-12(15)18/h3-4,6-7H,1-2,5H2,(H2,15,18)(H,16,17). The molecule has 0 bridgehead atoms. The van der Waals surface area contributed by atoms with E-state index in [0.29, 0.717) is 22.8 Å². The van der Waals surface area contributed by atoms with Crippen LogP contribution < -0.4 is 11.1 Å². The summed E-state index contributed by atoms with van der Waals surface area (Å²) in [4.78, 5) is 12.9. The fourth-order valence-corrected chi connectivity index (χ4v) is 2.82. The van der Waals surface area contributed by atoms with Gasteiger partial charge >= 0.3 is 0 Å². The molecule has 6 heteroatoms. The van der Waals surface area contributed by atoms with Crippen molar-refractivity contribution in [1.82, 2.24) is 5.32 Å². The zero-order valence-electron chi connectivity index (χ0n) is 10.1. The number of amides is 1. The Bertz CT molecular complexity index is 624. The molecule has 0 saturated carbocycles. The third-order valence-electron chi connectivity index (χ3n) is 2.59. The molecule has 0 aliphatic rings. The molecular formula is C13H13FN2OS2. The van der Waals surface area contributed by atoms with Gasteiger partial charge in [-0.05, 0) is 36.4 Å². The molecule has 0 atom stereocenters. The van der Waals surface area contributed by atoms with Crippen LogP contribution in [-0.2, 0) is 0 Å². The van der Waals surface area contributed by atoms with E-state index in [9.17, 15) is 9.18 Å². The van der Waals surface area contributed by atoms with Gasteiger partial charge in [-0.2, -0.15) is 0 Å². The number of carbonyl (C=O) groups is 1. The van der Waals surface area contributed by atoms with Gasteiger partial charge in [0, 0.05) is 11.2 Å². The minimum absolute atomic E-state index is 0.149. The first-order chi connectivity index (χ1) is 9.06. The molecule has 1 aromatic heterocycles. The largest absolute Gasteiger partial charge is 0.393 e. The monoisotopic (exact) mass is 296 g/mol. The zero-order valence-corrected chi connectivity index (χ0v) is 11.7. The maximum absolute atomic E-state index is 13.1. The first-order valence-corrected chi connectivity index (χ1v) is 7.04. The van der Waals surface area contributed by atoms with Crippen molar-refractivity contribution < 1.29 is 9.18 Å². The fraction of sp³-hybridized carbons (Fsp3) is 0.231. The van der Waals surface area contributed by atoms with Crippen molar-refractivity contribution in [2.75, 3.05) is 6.54 Å². The van der Waals surface area contributed by atoms with E-state index in [0.717, 1.165) is 16.5 Å². The number of hydrogen-bond donors (Lipinski definition) is 2. The Kier molecular flexibility index (Phi) is 4.44. The molecule has 1 aromatic carbocycles. The molecule has 2 aromatic rings. The summed E-state index contributed by atoms with van der Waals surface area (Å²) < 4.78 is 13.8. The first kappa shape index (κ1) is 13.9. The van der Waals surface area contributed by atoms with E-state index in [1.54, 1.807) is 12.1 Å². The lowest BCUT2D eigenvalue weighted by molar-refractivity contribution is 0.0957. The summed E-state index contributed by atoms with van der Waals surface area (Å²) in [5, 5.41) is 3.67. The van der Waals surface area contributed by atoms with Crippen molar-refractivity contribution >= 4 is 44.5 Å². The van der Waals surface area contributed by atoms with Crippen LogP contribution >= 0.6 is 23.6 Å². The molecule has 1 heterocycles. The van der Waals surface area contributed by atoms with Crippen LogP contribution in [0.5, 0.6) is 0 Å². The van der Waals surface area contributed by atoms with E-state index < -0.39 is 0 Å². The highest BCUT2D eigenvalue weighted by molar-refractivity contribution is 7.80. The molecule has 100 valence electrons. The summed E-state index contributed by atoms with van der Waals surface area (Å²) in [5.74, 6) is -0.442. The molecule has 2 rings (SSSR count). The SMILES string of the molecule is NC(=S)CCCNC(=O)c1cc2ccc(F)cc2s1. The van der Waals surface area contributed by atoms with Crippen molar-refractivity contribution in [2.45, 2.75) is 12.8 Å². The van der Waals surface area contributed by atoms with Gasteiger partial charge in [-0.3, -0.25) is 4.79 Å². The molecular weight excluding hydrogens is 283 g/mol. The zero-order chi connectivity index (χ0) is 13.8. The van der Waals surface area contributed by atoms with Gasteiger partial charge in [-0.15, -0.1) is 11.3 Å². The first-order valence-electron chi connectivity index (χ1n) is 5.82. The van der Waals surface area contributed by atoms with E-state index in [4.69, 9.17) is 18.0 Å². The summed E-state index contributed by atoms with van der Waals surface area (Å²) >= 11 is 6.04. The Morgan fingerprint density at radius 2 is 2.21 bits per heavy atom. The van der Waals surface area contributed by atoms with Gasteiger partial charge in [0.2, 0.25) is 0 Å². The van der Waals surface area contributed by atoms with E-state index in [-0.39, 0.29) is 11.7 Å². The molecule has 0 fully saturated rings. The van der Waals surface area contributed by atoms with Crippen molar-refractivity contribution in [3.8, 4) is 0 Å². The van der Waals surface area contributed by atoms with Crippen LogP contribution in [0.4, 0.5) is 4.39 Å². The number of benzene rings is 1. The lowest BCUT2D eigenvalue weighted by Crippen LogP contribution is -2.24. The van der Waals surface area contributed by atoms with Crippen molar-refractivity contribution in [3.63, 3.8) is 0 Å². The molecule has 0 spiro atoms. The van der Waals surface area contributed by atoms with Crippen molar-refractivity contribution in [1.29, 1.82) is 0 Å². The van der Waals surface area contributed by atoms with Gasteiger partial charge in [0.05, 0.1) is 9.87 Å². The van der Waals surface area contributed by atoms with Crippen LogP contribution in [0.2, 0.25) is 0 Å². The third kappa shape index (κ3) is 3.71. The minimum Gasteiger partial charge on any atom is -0.393 e. The van der Waals surface area contributed by atoms with Crippen LogP contribution in [0.3, 0.4) is 0 Å². The molecule has 0 aliphatic heterocycles. The third-order valence-corrected chi connectivity index (χ3v) is 3.89. The molecule has 0 radical (unpaired) electrons. The molecule has 1 amide bonds. The second-order valence-electron chi connectivity index (χ2n) is 4.12. The second kappa shape index (κ2) is 6.08. The number of fused-ring (bicyclic) bond motifs is 1. The number of carbonyl (C=O) groups excluding carboxylic acids is 1. The number of thiophene rings is 1. The number of halogens is 1. The number of nitrogens with two attached hydrogens (primary N) is 1. The average molecular weight is 296 g/mol. The van der Waals surface area contributed by atoms with Crippen molar-refractivity contribution in [3.05, 3.63) is 35.0 Å². The molecule has 0 unspecified atom stereocenters. The van der Waals surface area contributed by atoms with Crippen molar-refractivity contribution in [2.24, 2.45) is 5.73 Å². The highest BCUT2D eigenvalue weighted by atomic mass is 32.1. The lowest BCUT2D eigenvalue weighted by Gasteiger charge is -2.02. The predicted molar refractivity (Wildman–Crippen MR) is 80.1 cm³/mol. The Morgan fingerprint density at radius 1 is 1.42 bits per heavy atom. The molecule has 0 saturated heterocycles. The highest BCUT2D eigenvalue weighted by Gasteiger charge is 2.10. The number of thiocarbonyl (C=S) groups is 1. The fourth-order valence-electron chi connectivity index (χ4n) is 1.67. The molecule has 3 N–H and O–H groups in total. The van der Waals surface area contributed by atoms with E-state index in [1.165, 1.54) is 23.5 Å². The lowest BCUT2D eigenvalue weighted by atomic mass is 10.2. The summed E-state index contributed by atoms with van der Waals surface area (Å²) in [6.45, 7) is 0.527. The van der Waals surface area contributed by atoms with Crippen LogP contribution in [0.15, 0.2) is 24.3 Å². The second-order valence-corrected chi connectivity index (χ2v) is 5.73. The predicted octanol–water partition coefficient (Wildman–Crippen LogP) is 2.84. The van der Waals surface area contributed by atoms with E-state index >= 15 is 0 Å². The summed E-state index contributed by atoms with van der Waals surface area (Å²) in [6.07, 6.45) is 1.34. The smallest absolute Gasteiger partial charge is 0.261 e. The van der Waals surface area contributed by atoms with Gasteiger partial charge < -0.3 is 11.1 Å². The summed E-state index contributed by atoms with van der Waals surface area (Å²) in [6, 6.07) is 6.26. The number of hydrogen-bond acceptors (Lipinski definition) is 3. The number of nitrogens with one attached hydrogen (secondary N) is 1. The Balaban J connectivity index is 1.99. The van der Waals surface area contributed by atoms with Crippen LogP contribution in [-0.4, -0.2) is 17.4 Å². The van der Waals surface area contributed by atoms with Gasteiger partial charge in [0.25, 0.3) is 5.91 Å². The maximum Gasteiger partial charge on any atom is 0.261 e. The van der Waals surface area contributed by atoms with Crippen LogP contribution in [0.25, 0.3) is 10.1 Å². The summed E-state index contributed by atoms with van der Waals surface area (Å²) in [5.41, 5.74) is 5.37. The normalized spacial score (nSPS) is 10.6. The minimum atomic E-state index is -0.294. The highest BCUT2D eigenvalue weighted by Crippen LogP contribution is 2.26. The van der Waals surface area contributed by atoms with Crippen LogP contribution in [0.1, 0.15) is 22.5 Å². The van der Waals surface area contributed by atoms with Gasteiger partial charge in [-0.25, -0.2) is 4.39 Å². The summed E-state index contributed by atoms with van der Waals surface area (Å²) in [7, 11) is 0. The molecule has 3 nitrogen and oxygen atoms in total. The van der Waals surface area contributed by atoms with Crippen LogP contribution in [0, 0.1) is 5.82 Å².